The zero-order valence-electron chi connectivity index (χ0n) is 18.0. The molecule has 0 unspecified atom stereocenters. The molecule has 1 saturated heterocycles. The van der Waals surface area contributed by atoms with Gasteiger partial charge in [0.15, 0.2) is 0 Å². The fourth-order valence-corrected chi connectivity index (χ4v) is 4.59. The summed E-state index contributed by atoms with van der Waals surface area (Å²) in [6.07, 6.45) is 1.42. The number of hydrogen-bond donors (Lipinski definition) is 1. The smallest absolute Gasteiger partial charge is 0.377 e. The van der Waals surface area contributed by atoms with Crippen LogP contribution in [-0.4, -0.2) is 36.0 Å². The molecular formula is C24H27F3N2O3. The number of aldehydes is 1. The highest BCUT2D eigenvalue weighted by molar-refractivity contribution is 5.97. The summed E-state index contributed by atoms with van der Waals surface area (Å²) in [4.78, 5) is 24.3. The van der Waals surface area contributed by atoms with Crippen LogP contribution in [0.25, 0.3) is 11.3 Å². The van der Waals surface area contributed by atoms with E-state index in [1.165, 1.54) is 12.5 Å². The lowest BCUT2D eigenvalue weighted by atomic mass is 9.89. The van der Waals surface area contributed by atoms with Crippen molar-refractivity contribution >= 4 is 12.2 Å². The minimum absolute atomic E-state index is 0.0458. The van der Waals surface area contributed by atoms with Crippen molar-refractivity contribution in [2.24, 2.45) is 5.92 Å². The largest absolute Gasteiger partial charge is 0.416 e. The molecule has 32 heavy (non-hydrogen) atoms. The second-order valence-corrected chi connectivity index (χ2v) is 8.81. The standard InChI is InChI=1S/C24H27F3N2O3/c1-15-21(23(31)28-20-13-32-14-20)10-22(29(15)11-16-5-3-2-4-6-16)18-7-17(12-30)8-19(9-18)24(25,26)27/h7-10,12,16,20H,2-6,11,13-14H2,1H3,(H,28,31). The van der Waals surface area contributed by atoms with E-state index in [0.29, 0.717) is 48.9 Å². The molecule has 1 aromatic carbocycles. The van der Waals surface area contributed by atoms with E-state index in [4.69, 9.17) is 4.74 Å². The first-order valence-electron chi connectivity index (χ1n) is 11.0. The molecule has 2 aromatic rings. The molecule has 2 heterocycles. The summed E-state index contributed by atoms with van der Waals surface area (Å²) in [6, 6.07) is 4.96. The zero-order chi connectivity index (χ0) is 22.9. The number of carbonyl (C=O) groups excluding carboxylic acids is 2. The van der Waals surface area contributed by atoms with E-state index < -0.39 is 11.7 Å². The number of nitrogens with zero attached hydrogens (tertiary/aromatic N) is 1. The Morgan fingerprint density at radius 3 is 2.47 bits per heavy atom. The van der Waals surface area contributed by atoms with Crippen LogP contribution in [0.15, 0.2) is 24.3 Å². The Kier molecular flexibility index (Phi) is 6.42. The van der Waals surface area contributed by atoms with Crippen LogP contribution in [0.2, 0.25) is 0 Å². The fraction of sp³-hybridized carbons (Fsp3) is 0.500. The molecule has 1 saturated carbocycles. The van der Waals surface area contributed by atoms with Gasteiger partial charge in [-0.05, 0) is 55.5 Å². The second-order valence-electron chi connectivity index (χ2n) is 8.81. The summed E-state index contributed by atoms with van der Waals surface area (Å²) in [6.45, 7) is 3.37. The Morgan fingerprint density at radius 1 is 1.16 bits per heavy atom. The highest BCUT2D eigenvalue weighted by Gasteiger charge is 2.32. The molecule has 1 aliphatic heterocycles. The Balaban J connectivity index is 1.77. The van der Waals surface area contributed by atoms with Gasteiger partial charge in [0.25, 0.3) is 5.91 Å². The maximum absolute atomic E-state index is 13.5. The molecule has 0 spiro atoms. The Bertz CT molecular complexity index is 1000. The molecule has 5 nitrogen and oxygen atoms in total. The van der Waals surface area contributed by atoms with Crippen molar-refractivity contribution in [3.05, 3.63) is 46.6 Å². The van der Waals surface area contributed by atoms with Gasteiger partial charge >= 0.3 is 6.18 Å². The van der Waals surface area contributed by atoms with Gasteiger partial charge in [0.2, 0.25) is 0 Å². The number of benzene rings is 1. The monoisotopic (exact) mass is 448 g/mol. The van der Waals surface area contributed by atoms with E-state index in [9.17, 15) is 22.8 Å². The average Bonchev–Trinajstić information content (AvgIpc) is 3.06. The first kappa shape index (κ1) is 22.6. The number of aromatic nitrogens is 1. The zero-order valence-corrected chi connectivity index (χ0v) is 18.0. The molecule has 0 radical (unpaired) electrons. The van der Waals surface area contributed by atoms with Gasteiger partial charge in [-0.1, -0.05) is 19.3 Å². The van der Waals surface area contributed by atoms with Crippen LogP contribution >= 0.6 is 0 Å². The van der Waals surface area contributed by atoms with Gasteiger partial charge in [-0.3, -0.25) is 9.59 Å². The van der Waals surface area contributed by atoms with Crippen molar-refractivity contribution in [3.8, 4) is 11.3 Å². The minimum atomic E-state index is -4.58. The van der Waals surface area contributed by atoms with Crippen LogP contribution in [0.4, 0.5) is 13.2 Å². The molecule has 2 aliphatic rings. The lowest BCUT2D eigenvalue weighted by Gasteiger charge is -2.27. The summed E-state index contributed by atoms with van der Waals surface area (Å²) in [5.41, 5.74) is 1.04. The van der Waals surface area contributed by atoms with Gasteiger partial charge in [0.1, 0.15) is 6.29 Å². The SMILES string of the molecule is Cc1c(C(=O)NC2COC2)cc(-c2cc(C=O)cc(C(F)(F)F)c2)n1CC1CCCCC1. The molecular weight excluding hydrogens is 421 g/mol. The third-order valence-corrected chi connectivity index (χ3v) is 6.46. The fourth-order valence-electron chi connectivity index (χ4n) is 4.59. The summed E-state index contributed by atoms with van der Waals surface area (Å²) < 4.78 is 47.5. The topological polar surface area (TPSA) is 60.3 Å². The number of alkyl halides is 3. The van der Waals surface area contributed by atoms with E-state index in [1.807, 2.05) is 11.5 Å². The number of halogens is 3. The second kappa shape index (κ2) is 9.10. The molecule has 2 fully saturated rings. The Morgan fingerprint density at radius 2 is 1.88 bits per heavy atom. The number of carbonyl (C=O) groups is 2. The number of ether oxygens (including phenoxy) is 1. The number of amides is 1. The van der Waals surface area contributed by atoms with Crippen LogP contribution in [0.3, 0.4) is 0 Å². The first-order valence-corrected chi connectivity index (χ1v) is 11.0. The van der Waals surface area contributed by atoms with E-state index in [-0.39, 0.29) is 23.1 Å². The lowest BCUT2D eigenvalue weighted by molar-refractivity contribution is -0.137. The van der Waals surface area contributed by atoms with Crippen molar-refractivity contribution in [2.45, 2.75) is 57.8 Å². The summed E-state index contributed by atoms with van der Waals surface area (Å²) in [5, 5.41) is 2.91. The Hall–Kier alpha value is -2.61. The van der Waals surface area contributed by atoms with Crippen molar-refractivity contribution in [2.75, 3.05) is 13.2 Å². The van der Waals surface area contributed by atoms with Crippen molar-refractivity contribution in [3.63, 3.8) is 0 Å². The van der Waals surface area contributed by atoms with Crippen LogP contribution in [0, 0.1) is 12.8 Å². The predicted octanol–water partition coefficient (Wildman–Crippen LogP) is 5.00. The number of hydrogen-bond acceptors (Lipinski definition) is 3. The molecule has 1 aromatic heterocycles. The maximum atomic E-state index is 13.5. The third-order valence-electron chi connectivity index (χ3n) is 6.46. The van der Waals surface area contributed by atoms with Crippen LogP contribution in [0.1, 0.15) is 64.1 Å². The van der Waals surface area contributed by atoms with Gasteiger partial charge in [-0.15, -0.1) is 0 Å². The molecule has 1 amide bonds. The van der Waals surface area contributed by atoms with Gasteiger partial charge < -0.3 is 14.6 Å². The molecule has 0 bridgehead atoms. The summed E-state index contributed by atoms with van der Waals surface area (Å²) in [5.74, 6) is 0.142. The molecule has 0 atom stereocenters. The van der Waals surface area contributed by atoms with Crippen LogP contribution in [-0.2, 0) is 17.5 Å². The summed E-state index contributed by atoms with van der Waals surface area (Å²) >= 11 is 0. The quantitative estimate of drug-likeness (QED) is 0.633. The van der Waals surface area contributed by atoms with E-state index in [0.717, 1.165) is 37.8 Å². The minimum Gasteiger partial charge on any atom is -0.377 e. The van der Waals surface area contributed by atoms with Gasteiger partial charge in [0, 0.05) is 23.5 Å². The van der Waals surface area contributed by atoms with Crippen molar-refractivity contribution in [1.82, 2.24) is 9.88 Å². The lowest BCUT2D eigenvalue weighted by Crippen LogP contribution is -2.48. The third kappa shape index (κ3) is 4.75. The van der Waals surface area contributed by atoms with E-state index in [2.05, 4.69) is 5.32 Å². The normalized spacial score (nSPS) is 17.8. The highest BCUT2D eigenvalue weighted by atomic mass is 19.4. The van der Waals surface area contributed by atoms with Crippen LogP contribution < -0.4 is 5.32 Å². The van der Waals surface area contributed by atoms with E-state index >= 15 is 0 Å². The average molecular weight is 448 g/mol. The molecule has 4 rings (SSSR count). The number of nitrogens with one attached hydrogen (secondary N) is 1. The summed E-state index contributed by atoms with van der Waals surface area (Å²) in [7, 11) is 0. The first-order chi connectivity index (χ1) is 15.3. The van der Waals surface area contributed by atoms with Gasteiger partial charge in [0.05, 0.1) is 30.4 Å². The van der Waals surface area contributed by atoms with Gasteiger partial charge in [-0.2, -0.15) is 13.2 Å². The predicted molar refractivity (Wildman–Crippen MR) is 114 cm³/mol. The van der Waals surface area contributed by atoms with Crippen molar-refractivity contribution in [1.29, 1.82) is 0 Å². The van der Waals surface area contributed by atoms with Crippen LogP contribution in [0.5, 0.6) is 0 Å². The molecule has 172 valence electrons. The van der Waals surface area contributed by atoms with E-state index in [1.54, 1.807) is 6.07 Å². The number of rotatable bonds is 6. The van der Waals surface area contributed by atoms with Gasteiger partial charge in [-0.25, -0.2) is 0 Å². The Labute approximate surface area is 184 Å². The molecule has 1 N–H and O–H groups in total. The van der Waals surface area contributed by atoms with Crippen molar-refractivity contribution < 1.29 is 27.5 Å². The maximum Gasteiger partial charge on any atom is 0.416 e. The molecule has 8 heteroatoms. The highest BCUT2D eigenvalue weighted by Crippen LogP contribution is 2.36. The molecule has 1 aliphatic carbocycles.